The van der Waals surface area contributed by atoms with Gasteiger partial charge in [0.2, 0.25) is 0 Å². The Balaban J connectivity index is 2.63. The lowest BCUT2D eigenvalue weighted by Crippen LogP contribution is -2.48. The van der Waals surface area contributed by atoms with Gasteiger partial charge in [-0.2, -0.15) is 0 Å². The van der Waals surface area contributed by atoms with E-state index in [1.165, 1.54) is 18.2 Å². The number of nitrogens with zero attached hydrogens (tertiary/aromatic N) is 1. The summed E-state index contributed by atoms with van der Waals surface area (Å²) in [4.78, 5) is 34.4. The minimum absolute atomic E-state index is 0.0585. The number of hydrogen-bond acceptors (Lipinski definition) is 9. The Hall–Kier alpha value is -3.30. The molecule has 0 amide bonds. The van der Waals surface area contributed by atoms with Crippen LogP contribution >= 0.6 is 0 Å². The molecule has 146 valence electrons. The average molecular weight is 380 g/mol. The molecule has 0 aromatic heterocycles. The van der Waals surface area contributed by atoms with Crippen molar-refractivity contribution in [3.8, 4) is 0 Å². The highest BCUT2D eigenvalue weighted by atomic mass is 16.7. The van der Waals surface area contributed by atoms with Crippen LogP contribution in [0.25, 0.3) is 0 Å². The molecule has 0 aliphatic carbocycles. The molecule has 3 unspecified atom stereocenters. The quantitative estimate of drug-likeness (QED) is 0.476. The van der Waals surface area contributed by atoms with Crippen molar-refractivity contribution in [1.29, 1.82) is 0 Å². The zero-order chi connectivity index (χ0) is 20.1. The summed E-state index contributed by atoms with van der Waals surface area (Å²) in [6, 6.07) is 5.51. The molecule has 1 aromatic carbocycles. The lowest BCUT2D eigenvalue weighted by Gasteiger charge is -2.37. The molecule has 1 heterocycles. The van der Waals surface area contributed by atoms with Gasteiger partial charge in [0, 0.05) is 17.3 Å². The van der Waals surface area contributed by atoms with E-state index in [9.17, 15) is 19.7 Å². The molecule has 10 nitrogen and oxygen atoms in total. The van der Waals surface area contributed by atoms with E-state index in [-0.39, 0.29) is 17.0 Å². The van der Waals surface area contributed by atoms with Crippen LogP contribution in [0, 0.1) is 10.1 Å². The molecule has 2 rings (SSSR count). The summed E-state index contributed by atoms with van der Waals surface area (Å²) >= 11 is 0. The third-order valence-corrected chi connectivity index (χ3v) is 4.15. The Morgan fingerprint density at radius 1 is 1.15 bits per heavy atom. The number of carbonyl (C=O) groups is 2. The maximum absolute atomic E-state index is 11.7. The summed E-state index contributed by atoms with van der Waals surface area (Å²) < 4.78 is 19.7. The number of benzene rings is 1. The topological polar surface area (TPSA) is 126 Å². The highest BCUT2D eigenvalue weighted by molar-refractivity contribution is 5.63. The molecule has 3 atom stereocenters. The van der Waals surface area contributed by atoms with Gasteiger partial charge in [-0.1, -0.05) is 18.2 Å². The van der Waals surface area contributed by atoms with E-state index in [1.54, 1.807) is 19.9 Å². The molecular formula is C17H20N2O8. The number of carbonyl (C=O) groups excluding carboxylic acids is 2. The van der Waals surface area contributed by atoms with Crippen LogP contribution in [0.15, 0.2) is 35.7 Å². The van der Waals surface area contributed by atoms with Gasteiger partial charge >= 0.3 is 12.3 Å². The Labute approximate surface area is 155 Å². The Kier molecular flexibility index (Phi) is 6.22. The number of allylic oxidation sites excluding steroid dienone is 1. The third kappa shape index (κ3) is 4.27. The predicted octanol–water partition coefficient (Wildman–Crippen LogP) is 2.84. The van der Waals surface area contributed by atoms with E-state index >= 15 is 0 Å². The van der Waals surface area contributed by atoms with Gasteiger partial charge in [0.1, 0.15) is 11.9 Å². The number of rotatable bonds is 4. The fourth-order valence-corrected chi connectivity index (χ4v) is 3.00. The van der Waals surface area contributed by atoms with Gasteiger partial charge in [0.15, 0.2) is 0 Å². The van der Waals surface area contributed by atoms with Crippen LogP contribution in [-0.2, 0) is 18.9 Å². The van der Waals surface area contributed by atoms with Crippen molar-refractivity contribution in [1.82, 2.24) is 5.32 Å². The first-order chi connectivity index (χ1) is 12.8. The van der Waals surface area contributed by atoms with Gasteiger partial charge in [-0.25, -0.2) is 9.59 Å². The highest BCUT2D eigenvalue weighted by Crippen LogP contribution is 2.41. The molecule has 0 bridgehead atoms. The summed E-state index contributed by atoms with van der Waals surface area (Å²) in [6.45, 7) is 3.37. The van der Waals surface area contributed by atoms with Crippen molar-refractivity contribution < 1.29 is 33.5 Å². The minimum atomic E-state index is -0.999. The van der Waals surface area contributed by atoms with Gasteiger partial charge in [-0.05, 0) is 13.8 Å². The highest BCUT2D eigenvalue weighted by Gasteiger charge is 2.44. The molecule has 0 spiro atoms. The lowest BCUT2D eigenvalue weighted by atomic mass is 9.83. The smallest absolute Gasteiger partial charge is 0.438 e. The van der Waals surface area contributed by atoms with E-state index in [0.29, 0.717) is 5.70 Å². The van der Waals surface area contributed by atoms with Crippen LogP contribution < -0.4 is 5.32 Å². The standard InChI is InChI=1S/C17H20N2O8/c1-9-14(26-16(20)24-3)13(11-7-5-6-8-12(11)19(22)23)15(10(2)18-9)27-17(21)25-4/h5-9,13-14,18H,1-4H3. The molecule has 0 radical (unpaired) electrons. The molecule has 10 heteroatoms. The summed E-state index contributed by atoms with van der Waals surface area (Å²) in [7, 11) is 2.29. The van der Waals surface area contributed by atoms with E-state index in [4.69, 9.17) is 9.47 Å². The van der Waals surface area contributed by atoms with Gasteiger partial charge in [-0.3, -0.25) is 10.1 Å². The maximum atomic E-state index is 11.7. The van der Waals surface area contributed by atoms with Crippen molar-refractivity contribution in [3.63, 3.8) is 0 Å². The summed E-state index contributed by atoms with van der Waals surface area (Å²) in [5, 5.41) is 14.5. The number of nitro benzene ring substituents is 1. The van der Waals surface area contributed by atoms with Crippen molar-refractivity contribution in [2.45, 2.75) is 31.9 Å². The van der Waals surface area contributed by atoms with Crippen LogP contribution in [0.1, 0.15) is 25.3 Å². The number of para-hydroxylation sites is 1. The van der Waals surface area contributed by atoms with Crippen LogP contribution in [0.2, 0.25) is 0 Å². The third-order valence-electron chi connectivity index (χ3n) is 4.15. The number of methoxy groups -OCH3 is 2. The number of ether oxygens (including phenoxy) is 4. The number of nitrogens with one attached hydrogen (secondary N) is 1. The first kappa shape index (κ1) is 20.0. The van der Waals surface area contributed by atoms with Crippen LogP contribution in [0.5, 0.6) is 0 Å². The molecule has 1 aliphatic rings. The van der Waals surface area contributed by atoms with Crippen molar-refractivity contribution in [2.75, 3.05) is 14.2 Å². The van der Waals surface area contributed by atoms with Crippen molar-refractivity contribution in [3.05, 3.63) is 51.4 Å². The lowest BCUT2D eigenvalue weighted by molar-refractivity contribution is -0.385. The van der Waals surface area contributed by atoms with E-state index in [2.05, 4.69) is 14.8 Å². The molecule has 0 fully saturated rings. The Bertz CT molecular complexity index is 776. The molecule has 1 aromatic rings. The van der Waals surface area contributed by atoms with Crippen molar-refractivity contribution in [2.24, 2.45) is 0 Å². The monoisotopic (exact) mass is 380 g/mol. The average Bonchev–Trinajstić information content (AvgIpc) is 2.65. The molecule has 27 heavy (non-hydrogen) atoms. The number of hydrogen-bond donors (Lipinski definition) is 1. The largest absolute Gasteiger partial charge is 0.513 e. The second-order valence-electron chi connectivity index (χ2n) is 5.81. The predicted molar refractivity (Wildman–Crippen MR) is 91.9 cm³/mol. The zero-order valence-corrected chi connectivity index (χ0v) is 15.3. The minimum Gasteiger partial charge on any atom is -0.438 e. The fraction of sp³-hybridized carbons (Fsp3) is 0.412. The van der Waals surface area contributed by atoms with Crippen LogP contribution in [0.3, 0.4) is 0 Å². The fourth-order valence-electron chi connectivity index (χ4n) is 3.00. The summed E-state index contributed by atoms with van der Waals surface area (Å²) in [6.07, 6.45) is -2.91. The second-order valence-corrected chi connectivity index (χ2v) is 5.81. The van der Waals surface area contributed by atoms with Crippen molar-refractivity contribution >= 4 is 18.0 Å². The molecule has 0 saturated carbocycles. The SMILES string of the molecule is COC(=O)OC1=C(C)NC(C)C(OC(=O)OC)C1c1ccccc1[N+](=O)[O-]. The summed E-state index contributed by atoms with van der Waals surface area (Å²) in [5.41, 5.74) is 0.484. The second kappa shape index (κ2) is 8.39. The summed E-state index contributed by atoms with van der Waals surface area (Å²) in [5.74, 6) is -0.871. The molecular weight excluding hydrogens is 360 g/mol. The normalized spacial score (nSPS) is 21.7. The Morgan fingerprint density at radius 3 is 2.37 bits per heavy atom. The van der Waals surface area contributed by atoms with Gasteiger partial charge in [0.05, 0.1) is 31.1 Å². The first-order valence-corrected chi connectivity index (χ1v) is 8.01. The zero-order valence-electron chi connectivity index (χ0n) is 15.3. The maximum Gasteiger partial charge on any atom is 0.513 e. The van der Waals surface area contributed by atoms with E-state index in [0.717, 1.165) is 14.2 Å². The molecule has 1 aliphatic heterocycles. The van der Waals surface area contributed by atoms with Gasteiger partial charge < -0.3 is 24.3 Å². The van der Waals surface area contributed by atoms with E-state index < -0.39 is 35.3 Å². The van der Waals surface area contributed by atoms with E-state index in [1.807, 2.05) is 0 Å². The Morgan fingerprint density at radius 2 is 1.78 bits per heavy atom. The molecule has 1 N–H and O–H groups in total. The van der Waals surface area contributed by atoms with Crippen LogP contribution in [-0.4, -0.2) is 43.6 Å². The van der Waals surface area contributed by atoms with Crippen LogP contribution in [0.4, 0.5) is 15.3 Å². The number of nitro groups is 1. The van der Waals surface area contributed by atoms with Gasteiger partial charge in [-0.15, -0.1) is 0 Å². The molecule has 0 saturated heterocycles. The first-order valence-electron chi connectivity index (χ1n) is 8.01. The van der Waals surface area contributed by atoms with Gasteiger partial charge in [0.25, 0.3) is 5.69 Å².